The number of imide groups is 3. The monoisotopic (exact) mass is 870 g/mol. The zero-order chi connectivity index (χ0) is 44.9. The molecule has 7 aromatic rings. The molecule has 6 heterocycles. The van der Waals surface area contributed by atoms with E-state index in [9.17, 15) is 28.8 Å². The Morgan fingerprint density at radius 2 is 0.742 bits per heavy atom. The van der Waals surface area contributed by atoms with Crippen LogP contribution in [0.1, 0.15) is 78.8 Å². The molecule has 0 spiro atoms. The summed E-state index contributed by atoms with van der Waals surface area (Å²) in [6.07, 6.45) is 0. The number of hydrogen-bond donors (Lipinski definition) is 0. The minimum atomic E-state index is -0.536. The van der Waals surface area contributed by atoms with Gasteiger partial charge in [0.25, 0.3) is 35.4 Å². The number of amides is 6. The van der Waals surface area contributed by atoms with Crippen molar-refractivity contribution >= 4 is 52.5 Å². The van der Waals surface area contributed by atoms with E-state index in [-0.39, 0.29) is 39.8 Å². The van der Waals surface area contributed by atoms with Crippen molar-refractivity contribution < 1.29 is 47.7 Å². The summed E-state index contributed by atoms with van der Waals surface area (Å²) < 4.78 is 24.6. The van der Waals surface area contributed by atoms with E-state index in [0.717, 1.165) is 37.1 Å². The Morgan fingerprint density at radius 1 is 0.364 bits per heavy atom. The van der Waals surface area contributed by atoms with Crippen LogP contribution in [0.15, 0.2) is 121 Å². The van der Waals surface area contributed by atoms with Gasteiger partial charge in [-0.15, -0.1) is 0 Å². The molecule has 318 valence electrons. The summed E-state index contributed by atoms with van der Waals surface area (Å²) in [5.74, 6) is 0.893. The summed E-state index contributed by atoms with van der Waals surface area (Å²) in [6.45, 7) is 3.04. The van der Waals surface area contributed by atoms with Gasteiger partial charge in [0.2, 0.25) is 0 Å². The van der Waals surface area contributed by atoms with Crippen molar-refractivity contribution in [2.75, 3.05) is 21.7 Å². The van der Waals surface area contributed by atoms with Crippen LogP contribution in [0.5, 0.6) is 46.0 Å². The molecule has 0 fully saturated rings. The van der Waals surface area contributed by atoms with Gasteiger partial charge >= 0.3 is 0 Å². The second kappa shape index (κ2) is 13.2. The number of benzene rings is 7. The van der Waals surface area contributed by atoms with Crippen LogP contribution in [0, 0.1) is 6.92 Å². The Bertz CT molecular complexity index is 3480. The van der Waals surface area contributed by atoms with Gasteiger partial charge in [-0.3, -0.25) is 33.7 Å². The highest BCUT2D eigenvalue weighted by molar-refractivity contribution is 6.36. The summed E-state index contributed by atoms with van der Waals surface area (Å²) >= 11 is 0. The Balaban J connectivity index is 0.721. The second-order valence-electron chi connectivity index (χ2n) is 16.9. The lowest BCUT2D eigenvalue weighted by atomic mass is 9.97. The molecule has 0 bridgehead atoms. The van der Waals surface area contributed by atoms with Crippen molar-refractivity contribution in [3.05, 3.63) is 171 Å². The average Bonchev–Trinajstić information content (AvgIpc) is 4.00. The number of ether oxygens (including phenoxy) is 4. The largest absolute Gasteiger partial charge is 0.450 e. The molecule has 0 atom stereocenters. The van der Waals surface area contributed by atoms with Crippen molar-refractivity contribution in [3.63, 3.8) is 0 Å². The predicted molar refractivity (Wildman–Crippen MR) is 238 cm³/mol. The van der Waals surface area contributed by atoms with Crippen molar-refractivity contribution in [1.29, 1.82) is 0 Å². The molecule has 14 nitrogen and oxygen atoms in total. The first-order chi connectivity index (χ1) is 31.9. The number of fused-ring (bicyclic) bond motifs is 8. The third-order valence-corrected chi connectivity index (χ3v) is 12.9. The van der Waals surface area contributed by atoms with Crippen LogP contribution in [0.3, 0.4) is 0 Å². The molecule has 13 rings (SSSR count). The highest BCUT2D eigenvalue weighted by Gasteiger charge is 2.41. The zero-order valence-electron chi connectivity index (χ0n) is 34.8. The molecule has 14 heteroatoms. The molecule has 0 aliphatic carbocycles. The van der Waals surface area contributed by atoms with Crippen LogP contribution in [0.4, 0.5) is 17.1 Å². The number of aryl methyl sites for hydroxylation is 1. The topological polar surface area (TPSA) is 152 Å². The van der Waals surface area contributed by atoms with Gasteiger partial charge in [-0.2, -0.15) is 0 Å². The first-order valence-corrected chi connectivity index (χ1v) is 21.0. The Morgan fingerprint density at radius 3 is 1.21 bits per heavy atom. The lowest BCUT2D eigenvalue weighted by Crippen LogP contribution is -2.29. The third kappa shape index (κ3) is 5.35. The predicted octanol–water partition coefficient (Wildman–Crippen LogP) is 9.81. The van der Waals surface area contributed by atoms with E-state index in [4.69, 9.17) is 18.9 Å². The van der Waals surface area contributed by atoms with Crippen LogP contribution in [-0.2, 0) is 13.1 Å². The third-order valence-electron chi connectivity index (χ3n) is 12.9. The van der Waals surface area contributed by atoms with Crippen LogP contribution >= 0.6 is 0 Å². The Kier molecular flexibility index (Phi) is 7.53. The first-order valence-electron chi connectivity index (χ1n) is 21.0. The lowest BCUT2D eigenvalue weighted by molar-refractivity contribution is 0.0691. The lowest BCUT2D eigenvalue weighted by Gasteiger charge is -2.25. The number of nitrogens with zero attached hydrogens (tertiary/aromatic N) is 4. The quantitative estimate of drug-likeness (QED) is 0.155. The van der Waals surface area contributed by atoms with Crippen molar-refractivity contribution in [3.8, 4) is 57.1 Å². The van der Waals surface area contributed by atoms with Gasteiger partial charge in [0.15, 0.2) is 46.0 Å². The highest BCUT2D eigenvalue weighted by atomic mass is 16.6. The minimum Gasteiger partial charge on any atom is -0.450 e. The summed E-state index contributed by atoms with van der Waals surface area (Å²) in [4.78, 5) is 86.1. The van der Waals surface area contributed by atoms with Gasteiger partial charge in [-0.05, 0) is 120 Å². The number of anilines is 3. The molecule has 6 amide bonds. The van der Waals surface area contributed by atoms with E-state index in [1.807, 2.05) is 43.3 Å². The molecular weight excluding hydrogens is 841 g/mol. The van der Waals surface area contributed by atoms with Gasteiger partial charge in [-0.25, -0.2) is 9.80 Å². The number of carbonyl (C=O) groups is 6. The molecule has 7 aromatic carbocycles. The summed E-state index contributed by atoms with van der Waals surface area (Å²) in [5, 5.41) is 0. The first kappa shape index (κ1) is 37.5. The van der Waals surface area contributed by atoms with E-state index >= 15 is 0 Å². The smallest absolute Gasteiger partial charge is 0.266 e. The SMILES string of the molecule is Cc1ccc2c(c1)Oc1ccc(N3C(=O)c4ccc(-c5ccc6c(c5)C(=O)N(c5ccc7c(c5)Oc5ccc(N8Cc9cc%10c(cc9C8)C(=O)N(C)C%10=O)cc5O7)C6=O)cc4C3=O)cc1O2. The summed E-state index contributed by atoms with van der Waals surface area (Å²) in [6, 6.07) is 34.3. The molecule has 0 radical (unpaired) electrons. The normalized spacial score (nSPS) is 15.8. The van der Waals surface area contributed by atoms with E-state index < -0.39 is 23.6 Å². The van der Waals surface area contributed by atoms with Gasteiger partial charge in [0.1, 0.15) is 0 Å². The van der Waals surface area contributed by atoms with E-state index in [1.165, 1.54) is 7.05 Å². The van der Waals surface area contributed by atoms with Crippen molar-refractivity contribution in [2.45, 2.75) is 20.0 Å². The number of carbonyl (C=O) groups excluding carboxylic acids is 6. The fraction of sp³-hybridized carbons (Fsp3) is 0.0769. The van der Waals surface area contributed by atoms with Crippen LogP contribution in [0.2, 0.25) is 0 Å². The maximum atomic E-state index is 14.0. The molecule has 0 aromatic heterocycles. The van der Waals surface area contributed by atoms with Crippen LogP contribution < -0.4 is 33.6 Å². The molecule has 6 aliphatic heterocycles. The molecule has 66 heavy (non-hydrogen) atoms. The maximum Gasteiger partial charge on any atom is 0.266 e. The molecular formula is C52H30N4O10. The molecule has 0 saturated heterocycles. The highest BCUT2D eigenvalue weighted by Crippen LogP contribution is 2.50. The zero-order valence-corrected chi connectivity index (χ0v) is 34.8. The Hall–Kier alpha value is -9.04. The van der Waals surface area contributed by atoms with E-state index in [2.05, 4.69) is 4.90 Å². The van der Waals surface area contributed by atoms with E-state index in [0.29, 0.717) is 87.0 Å². The number of hydrogen-bond acceptors (Lipinski definition) is 11. The fourth-order valence-corrected chi connectivity index (χ4v) is 9.46. The molecule has 0 unspecified atom stereocenters. The standard InChI is InChI=1S/C52H30N4O10/c1-25-3-11-39-43(15-25)63-41-13-7-31(21-45(41)64-39)55-49(59)33-9-4-26(16-35(33)51(55)61)27-5-10-34-36(17-27)52(62)56(50(34)60)32-8-14-42-46(22-32)66-40-12-6-30(20-44(40)65-42)54-23-28-18-37-38(19-29(28)24-54)48(58)53(2)47(37)57/h3-22H,23-24H2,1-2H3. The van der Waals surface area contributed by atoms with Gasteiger partial charge in [0, 0.05) is 44.0 Å². The van der Waals surface area contributed by atoms with Gasteiger partial charge < -0.3 is 23.8 Å². The van der Waals surface area contributed by atoms with Crippen LogP contribution in [0.25, 0.3) is 11.1 Å². The summed E-state index contributed by atoms with van der Waals surface area (Å²) in [7, 11) is 1.49. The average molecular weight is 871 g/mol. The minimum absolute atomic E-state index is 0.182. The molecule has 6 aliphatic rings. The molecule has 0 saturated carbocycles. The second-order valence-corrected chi connectivity index (χ2v) is 16.9. The fourth-order valence-electron chi connectivity index (χ4n) is 9.46. The summed E-state index contributed by atoms with van der Waals surface area (Å²) in [5.41, 5.74) is 7.24. The van der Waals surface area contributed by atoms with E-state index in [1.54, 1.807) is 84.9 Å². The van der Waals surface area contributed by atoms with Crippen molar-refractivity contribution in [1.82, 2.24) is 4.90 Å². The van der Waals surface area contributed by atoms with Gasteiger partial charge in [-0.1, -0.05) is 18.2 Å². The van der Waals surface area contributed by atoms with Gasteiger partial charge in [0.05, 0.1) is 44.8 Å². The molecule has 0 N–H and O–H groups in total. The maximum absolute atomic E-state index is 14.0. The Labute approximate surface area is 374 Å². The van der Waals surface area contributed by atoms with Crippen molar-refractivity contribution in [2.24, 2.45) is 0 Å². The number of rotatable bonds is 4. The van der Waals surface area contributed by atoms with Crippen LogP contribution in [-0.4, -0.2) is 47.4 Å².